The van der Waals surface area contributed by atoms with Gasteiger partial charge in [0.2, 0.25) is 0 Å². The van der Waals surface area contributed by atoms with E-state index in [0.29, 0.717) is 6.04 Å². The summed E-state index contributed by atoms with van der Waals surface area (Å²) < 4.78 is 8.00. The lowest BCUT2D eigenvalue weighted by atomic mass is 10.1. The van der Waals surface area contributed by atoms with Crippen LogP contribution in [0.4, 0.5) is 0 Å². The van der Waals surface area contributed by atoms with Crippen LogP contribution in [0.2, 0.25) is 0 Å². The van der Waals surface area contributed by atoms with Crippen LogP contribution in [0.1, 0.15) is 29.7 Å². The number of fused-ring (bicyclic) bond motifs is 1. The Hall–Kier alpha value is -0.840. The zero-order chi connectivity index (χ0) is 14.8. The van der Waals surface area contributed by atoms with Gasteiger partial charge in [0.25, 0.3) is 0 Å². The highest BCUT2D eigenvalue weighted by Crippen LogP contribution is 2.33. The first-order valence-electron chi connectivity index (χ1n) is 7.06. The van der Waals surface area contributed by atoms with E-state index in [1.54, 1.807) is 0 Å². The molecule has 2 aromatic rings. The number of ether oxygens (including phenoxy) is 1. The van der Waals surface area contributed by atoms with Crippen LogP contribution in [0.25, 0.3) is 0 Å². The zero-order valence-corrected chi connectivity index (χ0v) is 15.0. The summed E-state index contributed by atoms with van der Waals surface area (Å²) in [6.07, 6.45) is 1.00. The highest BCUT2D eigenvalue weighted by Gasteiger charge is 2.17. The first-order valence-corrected chi connectivity index (χ1v) is 8.65. The van der Waals surface area contributed by atoms with Crippen molar-refractivity contribution in [3.63, 3.8) is 0 Å². The predicted octanol–water partition coefficient (Wildman–Crippen LogP) is 5.00. The summed E-state index contributed by atoms with van der Waals surface area (Å²) in [5.41, 5.74) is 3.81. The van der Waals surface area contributed by atoms with E-state index in [0.717, 1.165) is 34.3 Å². The van der Waals surface area contributed by atoms with Gasteiger partial charge in [0, 0.05) is 33.5 Å². The zero-order valence-electron chi connectivity index (χ0n) is 11.8. The van der Waals surface area contributed by atoms with Crippen LogP contribution in [0.15, 0.2) is 45.3 Å². The Kier molecular flexibility index (Phi) is 4.67. The van der Waals surface area contributed by atoms with Crippen molar-refractivity contribution in [1.82, 2.24) is 5.32 Å². The quantitative estimate of drug-likeness (QED) is 0.765. The van der Waals surface area contributed by atoms with E-state index in [-0.39, 0.29) is 0 Å². The minimum atomic E-state index is 0.300. The lowest BCUT2D eigenvalue weighted by molar-refractivity contribution is 0.351. The second kappa shape index (κ2) is 6.51. The van der Waals surface area contributed by atoms with E-state index in [9.17, 15) is 0 Å². The van der Waals surface area contributed by atoms with Crippen molar-refractivity contribution in [3.8, 4) is 5.75 Å². The smallest absolute Gasteiger partial charge is 0.127 e. The molecule has 1 unspecified atom stereocenters. The average Bonchev–Trinajstić information content (AvgIpc) is 2.93. The monoisotopic (exact) mass is 409 g/mol. The number of hydrogen-bond acceptors (Lipinski definition) is 2. The molecule has 0 saturated heterocycles. The Morgan fingerprint density at radius 2 is 1.90 bits per heavy atom. The first kappa shape index (κ1) is 15.1. The molecule has 1 atom stereocenters. The van der Waals surface area contributed by atoms with Gasteiger partial charge in [0.1, 0.15) is 5.75 Å². The summed E-state index contributed by atoms with van der Waals surface area (Å²) in [7, 11) is 0. The van der Waals surface area contributed by atoms with Crippen LogP contribution < -0.4 is 10.1 Å². The van der Waals surface area contributed by atoms with E-state index in [4.69, 9.17) is 4.74 Å². The molecule has 0 aromatic heterocycles. The maximum absolute atomic E-state index is 5.77. The molecule has 3 rings (SSSR count). The largest absolute Gasteiger partial charge is 0.493 e. The third-order valence-electron chi connectivity index (χ3n) is 3.79. The van der Waals surface area contributed by atoms with Crippen molar-refractivity contribution in [3.05, 3.63) is 62.0 Å². The maximum atomic E-state index is 5.77. The molecule has 0 amide bonds. The van der Waals surface area contributed by atoms with E-state index in [1.165, 1.54) is 16.7 Å². The first-order chi connectivity index (χ1) is 10.1. The molecule has 1 aliphatic rings. The molecular weight excluding hydrogens is 394 g/mol. The molecule has 0 saturated carbocycles. The van der Waals surface area contributed by atoms with Gasteiger partial charge in [-0.3, -0.25) is 0 Å². The van der Waals surface area contributed by atoms with Crippen molar-refractivity contribution in [2.75, 3.05) is 6.61 Å². The Morgan fingerprint density at radius 3 is 2.67 bits per heavy atom. The number of hydrogen-bond donors (Lipinski definition) is 1. The van der Waals surface area contributed by atoms with Crippen molar-refractivity contribution in [2.45, 2.75) is 25.9 Å². The Morgan fingerprint density at radius 1 is 1.14 bits per heavy atom. The molecule has 0 radical (unpaired) electrons. The van der Waals surface area contributed by atoms with Crippen LogP contribution >= 0.6 is 31.9 Å². The van der Waals surface area contributed by atoms with Gasteiger partial charge in [-0.05, 0) is 42.3 Å². The highest BCUT2D eigenvalue weighted by atomic mass is 79.9. The van der Waals surface area contributed by atoms with Crippen molar-refractivity contribution in [2.24, 2.45) is 0 Å². The summed E-state index contributed by atoms with van der Waals surface area (Å²) in [5.74, 6) is 1.06. The molecule has 1 N–H and O–H groups in total. The van der Waals surface area contributed by atoms with E-state index in [1.807, 2.05) is 0 Å². The summed E-state index contributed by atoms with van der Waals surface area (Å²) in [6.45, 7) is 3.78. The molecule has 0 aliphatic carbocycles. The fourth-order valence-electron chi connectivity index (χ4n) is 2.61. The van der Waals surface area contributed by atoms with Gasteiger partial charge < -0.3 is 10.1 Å². The SMILES string of the molecule is CC(NCc1cc(Br)cc2c1OCC2)c1ccc(Br)cc1. The minimum Gasteiger partial charge on any atom is -0.493 e. The highest BCUT2D eigenvalue weighted by molar-refractivity contribution is 9.10. The number of rotatable bonds is 4. The maximum Gasteiger partial charge on any atom is 0.127 e. The second-order valence-electron chi connectivity index (χ2n) is 5.31. The lowest BCUT2D eigenvalue weighted by Crippen LogP contribution is -2.18. The Balaban J connectivity index is 1.72. The standard InChI is InChI=1S/C17H17Br2NO/c1-11(12-2-4-15(18)5-3-12)20-10-14-9-16(19)8-13-6-7-21-17(13)14/h2-5,8-9,11,20H,6-7,10H2,1H3. The van der Waals surface area contributed by atoms with Crippen molar-refractivity contribution < 1.29 is 4.74 Å². The van der Waals surface area contributed by atoms with Crippen LogP contribution in [-0.4, -0.2) is 6.61 Å². The number of nitrogens with one attached hydrogen (secondary N) is 1. The molecule has 2 nitrogen and oxygen atoms in total. The fraction of sp³-hybridized carbons (Fsp3) is 0.294. The van der Waals surface area contributed by atoms with Crippen LogP contribution in [0, 0.1) is 0 Å². The molecule has 0 bridgehead atoms. The normalized spacial score (nSPS) is 14.6. The predicted molar refractivity (Wildman–Crippen MR) is 92.7 cm³/mol. The average molecular weight is 411 g/mol. The van der Waals surface area contributed by atoms with Gasteiger partial charge in [0.15, 0.2) is 0 Å². The Labute approximate surface area is 142 Å². The van der Waals surface area contributed by atoms with Crippen LogP contribution in [-0.2, 0) is 13.0 Å². The van der Waals surface area contributed by atoms with Crippen molar-refractivity contribution in [1.29, 1.82) is 0 Å². The molecule has 0 fully saturated rings. The molecule has 21 heavy (non-hydrogen) atoms. The van der Waals surface area contributed by atoms with Gasteiger partial charge in [0.05, 0.1) is 6.61 Å². The third kappa shape index (κ3) is 3.50. The molecular formula is C17H17Br2NO. The molecule has 1 heterocycles. The summed E-state index contributed by atoms with van der Waals surface area (Å²) in [6, 6.07) is 13.0. The number of benzene rings is 2. The molecule has 2 aromatic carbocycles. The van der Waals surface area contributed by atoms with E-state index >= 15 is 0 Å². The Bertz CT molecular complexity index is 640. The molecule has 1 aliphatic heterocycles. The van der Waals surface area contributed by atoms with E-state index in [2.05, 4.69) is 80.5 Å². The molecule has 4 heteroatoms. The van der Waals surface area contributed by atoms with Gasteiger partial charge in [-0.1, -0.05) is 44.0 Å². The molecule has 110 valence electrons. The van der Waals surface area contributed by atoms with Crippen molar-refractivity contribution >= 4 is 31.9 Å². The van der Waals surface area contributed by atoms with Crippen LogP contribution in [0.3, 0.4) is 0 Å². The minimum absolute atomic E-state index is 0.300. The summed E-state index contributed by atoms with van der Waals surface area (Å²) >= 11 is 7.06. The van der Waals surface area contributed by atoms with Gasteiger partial charge in [-0.15, -0.1) is 0 Å². The van der Waals surface area contributed by atoms with Gasteiger partial charge in [-0.25, -0.2) is 0 Å². The second-order valence-corrected chi connectivity index (χ2v) is 7.14. The van der Waals surface area contributed by atoms with Crippen LogP contribution in [0.5, 0.6) is 5.75 Å². The topological polar surface area (TPSA) is 21.3 Å². The summed E-state index contributed by atoms with van der Waals surface area (Å²) in [5, 5.41) is 3.58. The van der Waals surface area contributed by atoms with E-state index < -0.39 is 0 Å². The number of halogens is 2. The lowest BCUT2D eigenvalue weighted by Gasteiger charge is -2.16. The third-order valence-corrected chi connectivity index (χ3v) is 4.78. The molecule has 0 spiro atoms. The van der Waals surface area contributed by atoms with Gasteiger partial charge in [-0.2, -0.15) is 0 Å². The summed E-state index contributed by atoms with van der Waals surface area (Å²) in [4.78, 5) is 0. The fourth-order valence-corrected chi connectivity index (χ4v) is 3.43. The van der Waals surface area contributed by atoms with Gasteiger partial charge >= 0.3 is 0 Å².